The highest BCUT2D eigenvalue weighted by Crippen LogP contribution is 2.28. The monoisotopic (exact) mass is 265 g/mol. The molecule has 5 N–H and O–H groups in total. The SMILES string of the molecule is NCc1ccc(-c2cccc3cc(C(N)=O)[nH]c23)cc1. The van der Waals surface area contributed by atoms with Crippen LogP contribution in [0.3, 0.4) is 0 Å². The minimum Gasteiger partial charge on any atom is -0.364 e. The van der Waals surface area contributed by atoms with Crippen molar-refractivity contribution in [2.75, 3.05) is 0 Å². The first-order valence-corrected chi connectivity index (χ1v) is 6.40. The Bertz CT molecular complexity index is 772. The topological polar surface area (TPSA) is 84.9 Å². The predicted octanol–water partition coefficient (Wildman–Crippen LogP) is 2.39. The van der Waals surface area contributed by atoms with E-state index >= 15 is 0 Å². The average Bonchev–Trinajstić information content (AvgIpc) is 2.91. The number of aromatic amines is 1. The van der Waals surface area contributed by atoms with Gasteiger partial charge in [-0.3, -0.25) is 4.79 Å². The molecule has 20 heavy (non-hydrogen) atoms. The number of carbonyl (C=O) groups is 1. The number of primary amides is 1. The van der Waals surface area contributed by atoms with Gasteiger partial charge in [-0.25, -0.2) is 0 Å². The van der Waals surface area contributed by atoms with Crippen LogP contribution in [0, 0.1) is 0 Å². The van der Waals surface area contributed by atoms with Gasteiger partial charge in [0, 0.05) is 17.5 Å². The molecular weight excluding hydrogens is 250 g/mol. The van der Waals surface area contributed by atoms with E-state index in [1.165, 1.54) is 0 Å². The molecule has 0 bridgehead atoms. The Morgan fingerprint density at radius 3 is 2.50 bits per heavy atom. The fourth-order valence-electron chi connectivity index (χ4n) is 2.35. The zero-order valence-electron chi connectivity index (χ0n) is 10.9. The third-order valence-corrected chi connectivity index (χ3v) is 3.42. The second-order valence-electron chi connectivity index (χ2n) is 4.72. The van der Waals surface area contributed by atoms with Crippen molar-refractivity contribution in [1.82, 2.24) is 4.98 Å². The Hall–Kier alpha value is -2.59. The highest BCUT2D eigenvalue weighted by molar-refractivity contribution is 6.01. The summed E-state index contributed by atoms with van der Waals surface area (Å²) in [5.74, 6) is -0.453. The van der Waals surface area contributed by atoms with E-state index in [9.17, 15) is 4.79 Å². The van der Waals surface area contributed by atoms with Gasteiger partial charge in [-0.2, -0.15) is 0 Å². The molecule has 0 aliphatic rings. The number of hydrogen-bond donors (Lipinski definition) is 3. The molecular formula is C16H15N3O. The third-order valence-electron chi connectivity index (χ3n) is 3.42. The molecule has 0 aliphatic heterocycles. The summed E-state index contributed by atoms with van der Waals surface area (Å²) in [6.07, 6.45) is 0. The summed E-state index contributed by atoms with van der Waals surface area (Å²) in [5, 5.41) is 0.971. The van der Waals surface area contributed by atoms with Crippen LogP contribution < -0.4 is 11.5 Å². The lowest BCUT2D eigenvalue weighted by molar-refractivity contribution is 0.0996. The lowest BCUT2D eigenvalue weighted by Crippen LogP contribution is -2.10. The molecule has 0 spiro atoms. The number of rotatable bonds is 3. The Morgan fingerprint density at radius 2 is 1.85 bits per heavy atom. The summed E-state index contributed by atoms with van der Waals surface area (Å²) in [7, 11) is 0. The second kappa shape index (κ2) is 4.83. The van der Waals surface area contributed by atoms with Gasteiger partial charge in [0.1, 0.15) is 5.69 Å². The van der Waals surface area contributed by atoms with Gasteiger partial charge in [0.15, 0.2) is 0 Å². The minimum atomic E-state index is -0.453. The number of para-hydroxylation sites is 1. The van der Waals surface area contributed by atoms with E-state index in [4.69, 9.17) is 11.5 Å². The molecule has 1 heterocycles. The molecule has 4 heteroatoms. The summed E-state index contributed by atoms with van der Waals surface area (Å²) in [6.45, 7) is 0.527. The molecule has 1 aromatic heterocycles. The van der Waals surface area contributed by atoms with Crippen molar-refractivity contribution in [3.05, 3.63) is 59.8 Å². The van der Waals surface area contributed by atoms with Crippen LogP contribution in [0.1, 0.15) is 16.1 Å². The molecule has 100 valence electrons. The highest BCUT2D eigenvalue weighted by atomic mass is 16.1. The Labute approximate surface area is 116 Å². The number of carbonyl (C=O) groups excluding carboxylic acids is 1. The Balaban J connectivity index is 2.16. The maximum absolute atomic E-state index is 11.3. The van der Waals surface area contributed by atoms with E-state index < -0.39 is 5.91 Å². The molecule has 4 nitrogen and oxygen atoms in total. The largest absolute Gasteiger partial charge is 0.364 e. The molecule has 0 aliphatic carbocycles. The highest BCUT2D eigenvalue weighted by Gasteiger charge is 2.09. The third kappa shape index (κ3) is 2.06. The Morgan fingerprint density at radius 1 is 1.10 bits per heavy atom. The van der Waals surface area contributed by atoms with Gasteiger partial charge in [0.25, 0.3) is 5.91 Å². The second-order valence-corrected chi connectivity index (χ2v) is 4.72. The number of benzene rings is 2. The van der Waals surface area contributed by atoms with Crippen molar-refractivity contribution >= 4 is 16.8 Å². The fraction of sp³-hybridized carbons (Fsp3) is 0.0625. The normalized spacial score (nSPS) is 10.8. The average molecular weight is 265 g/mol. The van der Waals surface area contributed by atoms with Gasteiger partial charge in [-0.05, 0) is 17.2 Å². The maximum Gasteiger partial charge on any atom is 0.265 e. The van der Waals surface area contributed by atoms with Crippen LogP contribution in [-0.4, -0.2) is 10.9 Å². The van der Waals surface area contributed by atoms with Crippen molar-refractivity contribution in [2.24, 2.45) is 11.5 Å². The van der Waals surface area contributed by atoms with Crippen LogP contribution in [0.15, 0.2) is 48.5 Å². The number of amides is 1. The van der Waals surface area contributed by atoms with Crippen LogP contribution in [0.5, 0.6) is 0 Å². The van der Waals surface area contributed by atoms with Gasteiger partial charge in [0.05, 0.1) is 5.52 Å². The van der Waals surface area contributed by atoms with E-state index in [0.717, 1.165) is 27.6 Å². The number of hydrogen-bond acceptors (Lipinski definition) is 2. The number of fused-ring (bicyclic) bond motifs is 1. The molecule has 1 amide bonds. The number of nitrogens with one attached hydrogen (secondary N) is 1. The molecule has 2 aromatic carbocycles. The molecule has 0 atom stereocenters. The summed E-state index contributed by atoms with van der Waals surface area (Å²) in [4.78, 5) is 14.4. The maximum atomic E-state index is 11.3. The molecule has 0 saturated carbocycles. The smallest absolute Gasteiger partial charge is 0.265 e. The van der Waals surface area contributed by atoms with Gasteiger partial charge >= 0.3 is 0 Å². The molecule has 0 radical (unpaired) electrons. The van der Waals surface area contributed by atoms with Gasteiger partial charge in [-0.1, -0.05) is 42.5 Å². The zero-order valence-corrected chi connectivity index (χ0v) is 10.9. The quantitative estimate of drug-likeness (QED) is 0.679. The lowest BCUT2D eigenvalue weighted by Gasteiger charge is -2.05. The summed E-state index contributed by atoms with van der Waals surface area (Å²) >= 11 is 0. The van der Waals surface area contributed by atoms with Crippen molar-refractivity contribution in [3.63, 3.8) is 0 Å². The summed E-state index contributed by atoms with van der Waals surface area (Å²) < 4.78 is 0. The van der Waals surface area contributed by atoms with Crippen LogP contribution >= 0.6 is 0 Å². The van der Waals surface area contributed by atoms with Crippen LogP contribution in [0.4, 0.5) is 0 Å². The van der Waals surface area contributed by atoms with Crippen LogP contribution in [-0.2, 0) is 6.54 Å². The molecule has 0 unspecified atom stereocenters. The van der Waals surface area contributed by atoms with E-state index in [-0.39, 0.29) is 0 Å². The Kier molecular flexibility index (Phi) is 3.00. The molecule has 0 saturated heterocycles. The first kappa shape index (κ1) is 12.4. The van der Waals surface area contributed by atoms with Gasteiger partial charge in [0.2, 0.25) is 0 Å². The molecule has 3 aromatic rings. The number of aromatic nitrogens is 1. The predicted molar refractivity (Wildman–Crippen MR) is 80.1 cm³/mol. The van der Waals surface area contributed by atoms with E-state index in [2.05, 4.69) is 4.98 Å². The molecule has 0 fully saturated rings. The van der Waals surface area contributed by atoms with Crippen molar-refractivity contribution < 1.29 is 4.79 Å². The van der Waals surface area contributed by atoms with Crippen molar-refractivity contribution in [3.8, 4) is 11.1 Å². The summed E-state index contributed by atoms with van der Waals surface area (Å²) in [5.41, 5.74) is 15.5. The first-order valence-electron chi connectivity index (χ1n) is 6.40. The van der Waals surface area contributed by atoms with E-state index in [1.54, 1.807) is 6.07 Å². The van der Waals surface area contributed by atoms with Crippen molar-refractivity contribution in [2.45, 2.75) is 6.54 Å². The number of H-pyrrole nitrogens is 1. The first-order chi connectivity index (χ1) is 9.69. The molecule has 3 rings (SSSR count). The minimum absolute atomic E-state index is 0.422. The van der Waals surface area contributed by atoms with E-state index in [0.29, 0.717) is 12.2 Å². The lowest BCUT2D eigenvalue weighted by atomic mass is 10.0. The standard InChI is InChI=1S/C16H15N3O/c17-9-10-4-6-11(7-5-10)13-3-1-2-12-8-14(16(18)20)19-15(12)13/h1-8,19H,9,17H2,(H2,18,20). The summed E-state index contributed by atoms with van der Waals surface area (Å²) in [6, 6.07) is 15.8. The van der Waals surface area contributed by atoms with Crippen molar-refractivity contribution in [1.29, 1.82) is 0 Å². The van der Waals surface area contributed by atoms with Crippen LogP contribution in [0.25, 0.3) is 22.0 Å². The van der Waals surface area contributed by atoms with Crippen LogP contribution in [0.2, 0.25) is 0 Å². The van der Waals surface area contributed by atoms with E-state index in [1.807, 2.05) is 42.5 Å². The number of nitrogens with two attached hydrogens (primary N) is 2. The fourth-order valence-corrected chi connectivity index (χ4v) is 2.35. The van der Waals surface area contributed by atoms with Gasteiger partial charge < -0.3 is 16.5 Å². The van der Waals surface area contributed by atoms with Gasteiger partial charge in [-0.15, -0.1) is 0 Å². The zero-order chi connectivity index (χ0) is 14.1.